The van der Waals surface area contributed by atoms with Crippen molar-refractivity contribution in [2.45, 2.75) is 19.3 Å². The number of benzene rings is 1. The Morgan fingerprint density at radius 1 is 1.33 bits per heavy atom. The number of carboxylic acid groups (broad SMARTS) is 2. The van der Waals surface area contributed by atoms with Crippen LogP contribution >= 0.6 is 0 Å². The molecule has 2 N–H and O–H groups in total. The summed E-state index contributed by atoms with van der Waals surface area (Å²) in [5.41, 5.74) is 2.24. The second-order valence-electron chi connectivity index (χ2n) is 4.60. The lowest BCUT2D eigenvalue weighted by Gasteiger charge is -2.19. The van der Waals surface area contributed by atoms with E-state index in [0.717, 1.165) is 11.1 Å². The Hall–Kier alpha value is -2.04. The van der Waals surface area contributed by atoms with Gasteiger partial charge < -0.3 is 15.1 Å². The van der Waals surface area contributed by atoms with Gasteiger partial charge in [0.1, 0.15) is 0 Å². The van der Waals surface area contributed by atoms with Crippen LogP contribution in [0.25, 0.3) is 0 Å². The number of fused-ring (bicyclic) bond motifs is 1. The molecule has 0 aliphatic carbocycles. The lowest BCUT2D eigenvalue weighted by atomic mass is 9.93. The normalized spacial score (nSPS) is 18.9. The first-order valence-corrected chi connectivity index (χ1v) is 5.83. The van der Waals surface area contributed by atoms with Crippen molar-refractivity contribution in [1.82, 2.24) is 4.90 Å². The minimum atomic E-state index is -0.954. The molecule has 1 heterocycles. The molecule has 1 aliphatic heterocycles. The number of hydrogen-bond acceptors (Lipinski definition) is 2. The number of aromatic carboxylic acids is 1. The highest BCUT2D eigenvalue weighted by atomic mass is 16.4. The van der Waals surface area contributed by atoms with Gasteiger partial charge in [0.15, 0.2) is 0 Å². The molecule has 1 aromatic carbocycles. The fourth-order valence-electron chi connectivity index (χ4n) is 2.36. The molecular formula is C13H15NO4. The van der Waals surface area contributed by atoms with Crippen LogP contribution < -0.4 is 0 Å². The summed E-state index contributed by atoms with van der Waals surface area (Å²) in [5, 5.41) is 18.0. The van der Waals surface area contributed by atoms with Crippen LogP contribution in [0.3, 0.4) is 0 Å². The van der Waals surface area contributed by atoms with Crippen molar-refractivity contribution < 1.29 is 19.8 Å². The van der Waals surface area contributed by atoms with E-state index in [1.54, 1.807) is 18.2 Å². The number of amides is 1. The highest BCUT2D eigenvalue weighted by Gasteiger charge is 2.23. The van der Waals surface area contributed by atoms with Gasteiger partial charge in [-0.3, -0.25) is 0 Å². The summed E-state index contributed by atoms with van der Waals surface area (Å²) in [5.74, 6) is -0.942. The largest absolute Gasteiger partial charge is 0.478 e. The lowest BCUT2D eigenvalue weighted by Crippen LogP contribution is -2.32. The quantitative estimate of drug-likeness (QED) is 0.798. The maximum absolute atomic E-state index is 11.0. The fraction of sp³-hybridized carbons (Fsp3) is 0.385. The van der Waals surface area contributed by atoms with E-state index in [2.05, 4.69) is 0 Å². The van der Waals surface area contributed by atoms with Gasteiger partial charge in [0.05, 0.1) is 5.56 Å². The summed E-state index contributed by atoms with van der Waals surface area (Å²) in [6.07, 6.45) is -0.292. The van der Waals surface area contributed by atoms with E-state index < -0.39 is 12.1 Å². The molecule has 18 heavy (non-hydrogen) atoms. The molecule has 5 heteroatoms. The molecule has 1 atom stereocenters. The monoisotopic (exact) mass is 249 g/mol. The van der Waals surface area contributed by atoms with Crippen molar-refractivity contribution >= 4 is 12.1 Å². The van der Waals surface area contributed by atoms with Gasteiger partial charge in [0.25, 0.3) is 0 Å². The van der Waals surface area contributed by atoms with Crippen LogP contribution in [0.2, 0.25) is 0 Å². The minimum Gasteiger partial charge on any atom is -0.478 e. The predicted molar refractivity (Wildman–Crippen MR) is 65.1 cm³/mol. The Morgan fingerprint density at radius 2 is 2.06 bits per heavy atom. The molecular weight excluding hydrogens is 234 g/mol. The van der Waals surface area contributed by atoms with Crippen LogP contribution in [-0.4, -0.2) is 40.3 Å². The van der Waals surface area contributed by atoms with Gasteiger partial charge in [-0.2, -0.15) is 0 Å². The van der Waals surface area contributed by atoms with E-state index in [9.17, 15) is 9.59 Å². The highest BCUT2D eigenvalue weighted by Crippen LogP contribution is 2.26. The SMILES string of the molecule is CC1CN(C(=O)O)CCc2ccc(C(=O)O)cc21. The molecule has 1 unspecified atom stereocenters. The zero-order chi connectivity index (χ0) is 13.3. The first kappa shape index (κ1) is 12.4. The molecule has 1 amide bonds. The standard InChI is InChI=1S/C13H15NO4/c1-8-7-14(13(17)18)5-4-9-2-3-10(12(15)16)6-11(8)9/h2-3,6,8H,4-5,7H2,1H3,(H,15,16)(H,17,18). The summed E-state index contributed by atoms with van der Waals surface area (Å²) in [6, 6.07) is 5.03. The third-order valence-corrected chi connectivity index (χ3v) is 3.34. The number of carboxylic acids is 1. The average Bonchev–Trinajstić information content (AvgIpc) is 2.48. The summed E-state index contributed by atoms with van der Waals surface area (Å²) < 4.78 is 0. The van der Waals surface area contributed by atoms with E-state index in [4.69, 9.17) is 10.2 Å². The van der Waals surface area contributed by atoms with Gasteiger partial charge in [0.2, 0.25) is 0 Å². The van der Waals surface area contributed by atoms with E-state index in [1.807, 2.05) is 6.92 Å². The zero-order valence-electron chi connectivity index (χ0n) is 10.1. The van der Waals surface area contributed by atoms with E-state index in [1.165, 1.54) is 4.90 Å². The van der Waals surface area contributed by atoms with Crippen molar-refractivity contribution in [3.05, 3.63) is 34.9 Å². The molecule has 0 aromatic heterocycles. The van der Waals surface area contributed by atoms with Crippen LogP contribution in [-0.2, 0) is 6.42 Å². The van der Waals surface area contributed by atoms with Crippen LogP contribution in [0.15, 0.2) is 18.2 Å². The summed E-state index contributed by atoms with van der Waals surface area (Å²) in [6.45, 7) is 2.79. The van der Waals surface area contributed by atoms with Crippen molar-refractivity contribution in [2.75, 3.05) is 13.1 Å². The maximum atomic E-state index is 11.0. The van der Waals surface area contributed by atoms with Crippen LogP contribution in [0.5, 0.6) is 0 Å². The van der Waals surface area contributed by atoms with E-state index >= 15 is 0 Å². The molecule has 0 bridgehead atoms. The number of rotatable bonds is 1. The molecule has 0 saturated carbocycles. The smallest absolute Gasteiger partial charge is 0.407 e. The molecule has 0 fully saturated rings. The fourth-order valence-corrected chi connectivity index (χ4v) is 2.36. The molecule has 2 rings (SSSR count). The highest BCUT2D eigenvalue weighted by molar-refractivity contribution is 5.88. The summed E-state index contributed by atoms with van der Waals surface area (Å²) in [4.78, 5) is 23.3. The van der Waals surface area contributed by atoms with E-state index in [0.29, 0.717) is 19.5 Å². The predicted octanol–water partition coefficient (Wildman–Crippen LogP) is 2.02. The molecule has 0 saturated heterocycles. The van der Waals surface area contributed by atoms with Crippen molar-refractivity contribution in [3.63, 3.8) is 0 Å². The molecule has 0 spiro atoms. The van der Waals surface area contributed by atoms with Gasteiger partial charge in [-0.15, -0.1) is 0 Å². The van der Waals surface area contributed by atoms with Crippen LogP contribution in [0.1, 0.15) is 34.3 Å². The Kier molecular flexibility index (Phi) is 3.23. The zero-order valence-corrected chi connectivity index (χ0v) is 10.1. The van der Waals surface area contributed by atoms with Gasteiger partial charge in [-0.05, 0) is 35.6 Å². The summed E-state index contributed by atoms with van der Waals surface area (Å²) in [7, 11) is 0. The van der Waals surface area contributed by atoms with Crippen molar-refractivity contribution in [1.29, 1.82) is 0 Å². The Morgan fingerprint density at radius 3 is 2.67 bits per heavy atom. The number of nitrogens with zero attached hydrogens (tertiary/aromatic N) is 1. The molecule has 96 valence electrons. The first-order valence-electron chi connectivity index (χ1n) is 5.83. The Labute approximate surface area is 105 Å². The molecule has 1 aliphatic rings. The second kappa shape index (κ2) is 4.68. The van der Waals surface area contributed by atoms with Gasteiger partial charge in [0, 0.05) is 13.1 Å². The Balaban J connectivity index is 2.35. The second-order valence-corrected chi connectivity index (χ2v) is 4.60. The third-order valence-electron chi connectivity index (χ3n) is 3.34. The maximum Gasteiger partial charge on any atom is 0.407 e. The minimum absolute atomic E-state index is 0.0119. The van der Waals surface area contributed by atoms with Gasteiger partial charge in [-0.1, -0.05) is 13.0 Å². The van der Waals surface area contributed by atoms with Gasteiger partial charge >= 0.3 is 12.1 Å². The third kappa shape index (κ3) is 2.30. The van der Waals surface area contributed by atoms with Crippen LogP contribution in [0.4, 0.5) is 4.79 Å². The molecule has 1 aromatic rings. The molecule has 5 nitrogen and oxygen atoms in total. The Bertz CT molecular complexity index is 498. The topological polar surface area (TPSA) is 77.8 Å². The molecule has 0 radical (unpaired) electrons. The lowest BCUT2D eigenvalue weighted by molar-refractivity contribution is 0.0696. The summed E-state index contributed by atoms with van der Waals surface area (Å²) >= 11 is 0. The van der Waals surface area contributed by atoms with E-state index in [-0.39, 0.29) is 11.5 Å². The average molecular weight is 249 g/mol. The van der Waals surface area contributed by atoms with Crippen molar-refractivity contribution in [2.24, 2.45) is 0 Å². The number of hydrogen-bond donors (Lipinski definition) is 2. The first-order chi connectivity index (χ1) is 8.49. The van der Waals surface area contributed by atoms with Gasteiger partial charge in [-0.25, -0.2) is 9.59 Å². The van der Waals surface area contributed by atoms with Crippen LogP contribution in [0, 0.1) is 0 Å². The number of carbonyl (C=O) groups is 2. The van der Waals surface area contributed by atoms with Crippen molar-refractivity contribution in [3.8, 4) is 0 Å².